The molecule has 2 rings (SSSR count). The third-order valence-electron chi connectivity index (χ3n) is 4.03. The van der Waals surface area contributed by atoms with E-state index in [4.69, 9.17) is 5.26 Å². The number of aromatic nitrogens is 2. The zero-order valence-electron chi connectivity index (χ0n) is 12.6. The average Bonchev–Trinajstić information content (AvgIpc) is 2.77. The minimum absolute atomic E-state index is 0.0737. The van der Waals surface area contributed by atoms with E-state index in [2.05, 4.69) is 16.0 Å². The summed E-state index contributed by atoms with van der Waals surface area (Å²) in [6, 6.07) is 2.23. The highest BCUT2D eigenvalue weighted by molar-refractivity contribution is 5.56. The van der Waals surface area contributed by atoms with Gasteiger partial charge in [0.05, 0.1) is 12.1 Å². The van der Waals surface area contributed by atoms with Crippen LogP contribution in [0.5, 0.6) is 0 Å². The molecule has 21 heavy (non-hydrogen) atoms. The first-order chi connectivity index (χ1) is 9.99. The molecule has 1 aromatic heterocycles. The fraction of sp³-hybridized carbons (Fsp3) is 0.692. The highest BCUT2D eigenvalue weighted by atomic mass is 16.6. The topological polar surface area (TPSA) is 91.2 Å². The lowest BCUT2D eigenvalue weighted by Crippen LogP contribution is -2.50. The maximum atomic E-state index is 11.1. The molecule has 2 heterocycles. The van der Waals surface area contributed by atoms with Crippen LogP contribution in [0, 0.1) is 28.4 Å². The van der Waals surface area contributed by atoms with Crippen molar-refractivity contribution < 1.29 is 4.92 Å². The smallest absolute Gasteiger partial charge is 0.358 e. The van der Waals surface area contributed by atoms with Crippen LogP contribution in [0.15, 0.2) is 0 Å². The Morgan fingerprint density at radius 2 is 2.05 bits per heavy atom. The van der Waals surface area contributed by atoms with Crippen molar-refractivity contribution in [2.75, 3.05) is 31.1 Å². The summed E-state index contributed by atoms with van der Waals surface area (Å²) in [5, 5.41) is 20.3. The first-order valence-electron chi connectivity index (χ1n) is 7.05. The van der Waals surface area contributed by atoms with Crippen LogP contribution in [0.2, 0.25) is 0 Å². The maximum Gasteiger partial charge on any atom is 0.406 e. The van der Waals surface area contributed by atoms with Crippen molar-refractivity contribution in [2.24, 2.45) is 7.05 Å². The molecule has 8 nitrogen and oxygen atoms in total. The number of piperazine rings is 1. The quantitative estimate of drug-likeness (QED) is 0.608. The normalized spacial score (nSPS) is 17.5. The molecule has 1 fully saturated rings. The number of nitro groups is 1. The van der Waals surface area contributed by atoms with Crippen LogP contribution < -0.4 is 4.90 Å². The summed E-state index contributed by atoms with van der Waals surface area (Å²) < 4.78 is 1.76. The number of nitriles is 1. The summed E-state index contributed by atoms with van der Waals surface area (Å²) in [7, 11) is 1.79. The minimum Gasteiger partial charge on any atom is -0.358 e. The van der Waals surface area contributed by atoms with Crippen molar-refractivity contribution in [1.82, 2.24) is 14.5 Å². The zero-order valence-corrected chi connectivity index (χ0v) is 12.6. The average molecular weight is 292 g/mol. The number of rotatable bonds is 4. The molecule has 0 amide bonds. The van der Waals surface area contributed by atoms with Gasteiger partial charge in [0.15, 0.2) is 0 Å². The molecular weight excluding hydrogens is 272 g/mol. The van der Waals surface area contributed by atoms with Gasteiger partial charge in [0.25, 0.3) is 0 Å². The van der Waals surface area contributed by atoms with Gasteiger partial charge in [-0.25, -0.2) is 0 Å². The number of anilines is 1. The lowest BCUT2D eigenvalue weighted by Gasteiger charge is -2.37. The fourth-order valence-electron chi connectivity index (χ4n) is 2.73. The predicted molar refractivity (Wildman–Crippen MR) is 78.1 cm³/mol. The van der Waals surface area contributed by atoms with Crippen LogP contribution in [-0.2, 0) is 7.05 Å². The van der Waals surface area contributed by atoms with Crippen LogP contribution in [0.1, 0.15) is 19.2 Å². The summed E-state index contributed by atoms with van der Waals surface area (Å²) in [5.41, 5.74) is 0. The summed E-state index contributed by atoms with van der Waals surface area (Å²) in [6.07, 6.45) is 0.793. The molecule has 0 spiro atoms. The third-order valence-corrected chi connectivity index (χ3v) is 4.03. The lowest BCUT2D eigenvalue weighted by atomic mass is 10.2. The third kappa shape index (κ3) is 2.83. The summed E-state index contributed by atoms with van der Waals surface area (Å²) >= 11 is 0. The minimum atomic E-state index is -0.432. The molecule has 0 aromatic carbocycles. The number of imidazole rings is 1. The molecule has 1 unspecified atom stereocenters. The Labute approximate surface area is 123 Å². The highest BCUT2D eigenvalue weighted by Gasteiger charge is 2.31. The maximum absolute atomic E-state index is 11.1. The second-order valence-electron chi connectivity index (χ2n) is 5.20. The highest BCUT2D eigenvalue weighted by Crippen LogP contribution is 2.29. The van der Waals surface area contributed by atoms with E-state index in [1.807, 2.05) is 11.8 Å². The predicted octanol–water partition coefficient (Wildman–Crippen LogP) is 1.06. The van der Waals surface area contributed by atoms with Gasteiger partial charge in [-0.1, -0.05) is 6.92 Å². The molecule has 0 aliphatic carbocycles. The second kappa shape index (κ2) is 6.10. The molecule has 8 heteroatoms. The number of hydrogen-bond acceptors (Lipinski definition) is 6. The Hall–Kier alpha value is -2.14. The van der Waals surface area contributed by atoms with E-state index in [1.165, 1.54) is 0 Å². The van der Waals surface area contributed by atoms with Crippen LogP contribution in [0.4, 0.5) is 11.6 Å². The molecule has 1 aromatic rings. The molecular formula is C13H20N6O2. The molecule has 0 saturated carbocycles. The van der Waals surface area contributed by atoms with Gasteiger partial charge >= 0.3 is 5.82 Å². The largest absolute Gasteiger partial charge is 0.406 e. The lowest BCUT2D eigenvalue weighted by molar-refractivity contribution is -0.388. The van der Waals surface area contributed by atoms with E-state index in [1.54, 1.807) is 18.5 Å². The van der Waals surface area contributed by atoms with Crippen molar-refractivity contribution in [3.05, 3.63) is 15.9 Å². The van der Waals surface area contributed by atoms with Crippen molar-refractivity contribution in [2.45, 2.75) is 26.3 Å². The summed E-state index contributed by atoms with van der Waals surface area (Å²) in [4.78, 5) is 18.9. The summed E-state index contributed by atoms with van der Waals surface area (Å²) in [6.45, 7) is 6.54. The van der Waals surface area contributed by atoms with E-state index >= 15 is 0 Å². The van der Waals surface area contributed by atoms with Gasteiger partial charge in [-0.2, -0.15) is 5.26 Å². The Morgan fingerprint density at radius 3 is 2.52 bits per heavy atom. The zero-order chi connectivity index (χ0) is 15.6. The van der Waals surface area contributed by atoms with Crippen molar-refractivity contribution in [3.8, 4) is 6.07 Å². The molecule has 1 aliphatic heterocycles. The van der Waals surface area contributed by atoms with E-state index in [0.29, 0.717) is 24.7 Å². The number of aryl methyl sites for hydroxylation is 1. The van der Waals surface area contributed by atoms with Gasteiger partial charge in [-0.05, 0) is 16.3 Å². The summed E-state index contributed by atoms with van der Waals surface area (Å²) in [5.74, 6) is 1.10. The van der Waals surface area contributed by atoms with Crippen molar-refractivity contribution in [3.63, 3.8) is 0 Å². The van der Waals surface area contributed by atoms with Crippen molar-refractivity contribution >= 4 is 11.6 Å². The first-order valence-corrected chi connectivity index (χ1v) is 7.05. The molecule has 0 N–H and O–H groups in total. The molecule has 1 atom stereocenters. The molecule has 1 aliphatic rings. The van der Waals surface area contributed by atoms with Gasteiger partial charge in [0.1, 0.15) is 0 Å². The van der Waals surface area contributed by atoms with Gasteiger partial charge in [0, 0.05) is 40.2 Å². The fourth-order valence-corrected chi connectivity index (χ4v) is 2.73. The van der Waals surface area contributed by atoms with E-state index < -0.39 is 4.92 Å². The van der Waals surface area contributed by atoms with E-state index in [9.17, 15) is 10.1 Å². The number of hydrogen-bond donors (Lipinski definition) is 0. The van der Waals surface area contributed by atoms with E-state index in [-0.39, 0.29) is 11.9 Å². The SMILES string of the molecule is CCC(C#N)N1CCN(c2c([N+](=O)[O-])nc(C)n2C)CC1. The van der Waals surface area contributed by atoms with Crippen LogP contribution in [0.25, 0.3) is 0 Å². The molecule has 0 bridgehead atoms. The van der Waals surface area contributed by atoms with Crippen LogP contribution in [0.3, 0.4) is 0 Å². The number of nitrogens with zero attached hydrogens (tertiary/aromatic N) is 6. The van der Waals surface area contributed by atoms with E-state index in [0.717, 1.165) is 19.5 Å². The monoisotopic (exact) mass is 292 g/mol. The van der Waals surface area contributed by atoms with Crippen LogP contribution in [-0.4, -0.2) is 51.6 Å². The Morgan fingerprint density at radius 1 is 1.43 bits per heavy atom. The van der Waals surface area contributed by atoms with Gasteiger partial charge in [-0.15, -0.1) is 0 Å². The van der Waals surface area contributed by atoms with Gasteiger partial charge in [0.2, 0.25) is 11.6 Å². The molecule has 114 valence electrons. The van der Waals surface area contributed by atoms with Gasteiger partial charge in [-0.3, -0.25) is 9.47 Å². The first kappa shape index (κ1) is 15.3. The standard InChI is InChI=1S/C13H20N6O2/c1-4-11(9-14)17-5-7-18(8-6-17)13-12(19(20)21)15-10(2)16(13)3/h11H,4-8H2,1-3H3. The van der Waals surface area contributed by atoms with Crippen molar-refractivity contribution in [1.29, 1.82) is 5.26 Å². The van der Waals surface area contributed by atoms with Gasteiger partial charge < -0.3 is 15.0 Å². The molecule has 1 saturated heterocycles. The Balaban J connectivity index is 2.16. The Bertz CT molecular complexity index is 568. The second-order valence-corrected chi connectivity index (χ2v) is 5.20. The van der Waals surface area contributed by atoms with Crippen LogP contribution >= 0.6 is 0 Å². The Kier molecular flexibility index (Phi) is 4.43. The molecule has 0 radical (unpaired) electrons.